The molecule has 208 valence electrons. The topological polar surface area (TPSA) is 149 Å². The fourth-order valence-electron chi connectivity index (χ4n) is 4.44. The zero-order valence-electron chi connectivity index (χ0n) is 22.3. The first kappa shape index (κ1) is 29.7. The molecule has 1 aromatic carbocycles. The van der Waals surface area contributed by atoms with Crippen LogP contribution in [0.5, 0.6) is 5.75 Å². The molecule has 0 aliphatic carbocycles. The number of hydrogen-bond donors (Lipinski definition) is 1. The van der Waals surface area contributed by atoms with Crippen molar-refractivity contribution < 1.29 is 37.8 Å². The van der Waals surface area contributed by atoms with Gasteiger partial charge in [0, 0.05) is 5.56 Å². The van der Waals surface area contributed by atoms with Crippen LogP contribution in [0.1, 0.15) is 64.5 Å². The average Bonchev–Trinajstić information content (AvgIpc) is 3.22. The number of esters is 1. The smallest absolute Gasteiger partial charge is 0.348 e. The number of amides is 2. The molecule has 1 aliphatic heterocycles. The van der Waals surface area contributed by atoms with Crippen LogP contribution in [-0.4, -0.2) is 50.4 Å². The van der Waals surface area contributed by atoms with Gasteiger partial charge in [0.1, 0.15) is 33.5 Å². The van der Waals surface area contributed by atoms with Gasteiger partial charge in [-0.2, -0.15) is 5.26 Å². The maximum Gasteiger partial charge on any atom is 0.348 e. The van der Waals surface area contributed by atoms with Crippen molar-refractivity contribution >= 4 is 39.9 Å². The minimum atomic E-state index is -1.57. The van der Waals surface area contributed by atoms with E-state index in [4.69, 9.17) is 25.2 Å². The molecular formula is C27H30FN3O7S. The first-order valence-electron chi connectivity index (χ1n) is 12.2. The maximum absolute atomic E-state index is 14.3. The Hall–Kier alpha value is -3.82. The zero-order valence-corrected chi connectivity index (χ0v) is 23.1. The summed E-state index contributed by atoms with van der Waals surface area (Å²) in [6, 6.07) is 5.78. The molecule has 2 amide bonds. The summed E-state index contributed by atoms with van der Waals surface area (Å²) in [6.45, 7) is 5.84. The second-order valence-corrected chi connectivity index (χ2v) is 10.4. The van der Waals surface area contributed by atoms with E-state index in [1.807, 2.05) is 6.07 Å². The number of anilines is 1. The van der Waals surface area contributed by atoms with Crippen molar-refractivity contribution in [2.45, 2.75) is 40.2 Å². The molecule has 2 heterocycles. The van der Waals surface area contributed by atoms with Crippen molar-refractivity contribution in [3.8, 4) is 11.8 Å². The van der Waals surface area contributed by atoms with E-state index in [1.165, 1.54) is 44.1 Å². The van der Waals surface area contributed by atoms with Crippen molar-refractivity contribution in [1.82, 2.24) is 0 Å². The van der Waals surface area contributed by atoms with Gasteiger partial charge in [0.15, 0.2) is 5.78 Å². The fraction of sp³-hybridized carbons (Fsp3) is 0.444. The lowest BCUT2D eigenvalue weighted by molar-refractivity contribution is -0.135. The second kappa shape index (κ2) is 11.9. The Kier molecular flexibility index (Phi) is 9.09. The Labute approximate surface area is 229 Å². The first-order chi connectivity index (χ1) is 18.4. The summed E-state index contributed by atoms with van der Waals surface area (Å²) in [5.74, 6) is -4.66. The zero-order chi connectivity index (χ0) is 29.1. The number of ether oxygens (including phenoxy) is 3. The van der Waals surface area contributed by atoms with E-state index in [0.29, 0.717) is 5.56 Å². The lowest BCUT2D eigenvalue weighted by Crippen LogP contribution is -2.54. The molecular weight excluding hydrogens is 529 g/mol. The highest BCUT2D eigenvalue weighted by molar-refractivity contribution is 7.19. The molecule has 0 saturated carbocycles. The molecule has 1 aromatic heterocycles. The number of rotatable bonds is 11. The van der Waals surface area contributed by atoms with Gasteiger partial charge in [0.25, 0.3) is 0 Å². The average molecular weight is 560 g/mol. The van der Waals surface area contributed by atoms with Gasteiger partial charge in [-0.3, -0.25) is 19.3 Å². The number of primary amides is 1. The van der Waals surface area contributed by atoms with Gasteiger partial charge >= 0.3 is 5.97 Å². The highest BCUT2D eigenvalue weighted by Gasteiger charge is 2.52. The third-order valence-corrected chi connectivity index (χ3v) is 7.93. The van der Waals surface area contributed by atoms with Gasteiger partial charge in [-0.05, 0) is 51.5 Å². The van der Waals surface area contributed by atoms with Crippen molar-refractivity contribution in [3.05, 3.63) is 45.6 Å². The minimum absolute atomic E-state index is 0.0221. The standard InChI is InChI=1S/C27H30FN3O7S/c1-6-37-25(34)22-14(2)19-21(32)20(27(3,4)26(30)35)23(33)31(24(19)39-22)13-18(38-11-7-10-29)16-12-15(28)8-9-17(16)36-5/h8-9,12,18,20H,6-7,11,13H2,1-5H3,(H2,30,35)/t18-,20?/m0/s1. The van der Waals surface area contributed by atoms with Crippen LogP contribution in [0.25, 0.3) is 0 Å². The van der Waals surface area contributed by atoms with Crippen molar-refractivity contribution in [1.29, 1.82) is 5.26 Å². The number of nitrogens with zero attached hydrogens (tertiary/aromatic N) is 2. The summed E-state index contributed by atoms with van der Waals surface area (Å²) >= 11 is 0.906. The van der Waals surface area contributed by atoms with Crippen LogP contribution < -0.4 is 15.4 Å². The van der Waals surface area contributed by atoms with Gasteiger partial charge in [-0.25, -0.2) is 9.18 Å². The number of nitriles is 1. The molecule has 1 aliphatic rings. The van der Waals surface area contributed by atoms with Gasteiger partial charge in [0.05, 0.1) is 50.3 Å². The van der Waals surface area contributed by atoms with E-state index in [0.717, 1.165) is 11.3 Å². The molecule has 3 rings (SSSR count). The third-order valence-electron chi connectivity index (χ3n) is 6.63. The lowest BCUT2D eigenvalue weighted by atomic mass is 9.71. The van der Waals surface area contributed by atoms with Crippen LogP contribution in [0.15, 0.2) is 18.2 Å². The molecule has 0 fully saturated rings. The molecule has 0 saturated heterocycles. The molecule has 0 bridgehead atoms. The van der Waals surface area contributed by atoms with Crippen molar-refractivity contribution in [3.63, 3.8) is 0 Å². The summed E-state index contributed by atoms with van der Waals surface area (Å²) in [4.78, 5) is 54.1. The van der Waals surface area contributed by atoms with Crippen molar-refractivity contribution in [2.75, 3.05) is 31.8 Å². The predicted octanol–water partition coefficient (Wildman–Crippen LogP) is 3.71. The number of thiophene rings is 1. The number of carbonyl (C=O) groups is 4. The normalized spacial score (nSPS) is 15.9. The van der Waals surface area contributed by atoms with E-state index in [2.05, 4.69) is 0 Å². The number of methoxy groups -OCH3 is 1. The Bertz CT molecular complexity index is 1350. The SMILES string of the molecule is CCOC(=O)c1sc2c(c1C)C(=O)C(C(C)(C)C(N)=O)C(=O)N2C[C@H](OCCC#N)c1cc(F)ccc1OC. The summed E-state index contributed by atoms with van der Waals surface area (Å²) < 4.78 is 30.8. The van der Waals surface area contributed by atoms with E-state index in [-0.39, 0.29) is 52.9 Å². The number of carbonyl (C=O) groups excluding carboxylic acids is 4. The van der Waals surface area contributed by atoms with Crippen LogP contribution in [0.4, 0.5) is 9.39 Å². The molecule has 1 unspecified atom stereocenters. The molecule has 12 heteroatoms. The second-order valence-electron chi connectivity index (χ2n) is 9.44. The van der Waals surface area contributed by atoms with Crippen LogP contribution in [0.2, 0.25) is 0 Å². The number of fused-ring (bicyclic) bond motifs is 1. The summed E-state index contributed by atoms with van der Waals surface area (Å²) in [6.07, 6.45) is -0.978. The third kappa shape index (κ3) is 5.65. The van der Waals surface area contributed by atoms with E-state index in [9.17, 15) is 23.6 Å². The maximum atomic E-state index is 14.3. The van der Waals surface area contributed by atoms with Crippen LogP contribution in [-0.2, 0) is 19.1 Å². The Morgan fingerprint density at radius 1 is 1.31 bits per heavy atom. The van der Waals surface area contributed by atoms with E-state index < -0.39 is 46.8 Å². The molecule has 10 nitrogen and oxygen atoms in total. The van der Waals surface area contributed by atoms with Crippen LogP contribution in [0.3, 0.4) is 0 Å². The van der Waals surface area contributed by atoms with Crippen molar-refractivity contribution in [2.24, 2.45) is 17.1 Å². The number of halogens is 1. The number of benzene rings is 1. The predicted molar refractivity (Wildman–Crippen MR) is 140 cm³/mol. The Morgan fingerprint density at radius 2 is 2.00 bits per heavy atom. The van der Waals surface area contributed by atoms with E-state index in [1.54, 1.807) is 13.8 Å². The molecule has 39 heavy (non-hydrogen) atoms. The number of Topliss-reactive ketones (excluding diaryl/α,β-unsaturated/α-hetero) is 1. The lowest BCUT2D eigenvalue weighted by Gasteiger charge is -2.39. The molecule has 0 spiro atoms. The van der Waals surface area contributed by atoms with E-state index >= 15 is 0 Å². The number of ketones is 1. The first-order valence-corrected chi connectivity index (χ1v) is 13.0. The van der Waals surface area contributed by atoms with Crippen LogP contribution in [0, 0.1) is 35.4 Å². The monoisotopic (exact) mass is 559 g/mol. The van der Waals surface area contributed by atoms with Gasteiger partial charge in [-0.15, -0.1) is 11.3 Å². The van der Waals surface area contributed by atoms with Crippen LogP contribution >= 0.6 is 11.3 Å². The number of hydrogen-bond acceptors (Lipinski definition) is 9. The summed E-state index contributed by atoms with van der Waals surface area (Å²) in [5.41, 5.74) is 4.71. The van der Waals surface area contributed by atoms with Gasteiger partial charge in [0.2, 0.25) is 11.8 Å². The molecule has 2 aromatic rings. The quantitative estimate of drug-likeness (QED) is 0.249. The highest BCUT2D eigenvalue weighted by Crippen LogP contribution is 2.46. The fourth-order valence-corrected chi connectivity index (χ4v) is 5.67. The summed E-state index contributed by atoms with van der Waals surface area (Å²) in [5, 5.41) is 9.19. The Morgan fingerprint density at radius 3 is 2.59 bits per heavy atom. The minimum Gasteiger partial charge on any atom is -0.496 e. The molecule has 0 radical (unpaired) electrons. The largest absolute Gasteiger partial charge is 0.496 e. The Balaban J connectivity index is 2.22. The molecule has 2 N–H and O–H groups in total. The molecule has 2 atom stereocenters. The van der Waals surface area contributed by atoms with Gasteiger partial charge in [-0.1, -0.05) is 0 Å². The highest BCUT2D eigenvalue weighted by atomic mass is 32.1. The summed E-state index contributed by atoms with van der Waals surface area (Å²) in [7, 11) is 1.39. The van der Waals surface area contributed by atoms with Gasteiger partial charge < -0.3 is 19.9 Å². The number of nitrogens with two attached hydrogens (primary N) is 1.